The second-order valence-corrected chi connectivity index (χ2v) is 6.17. The third-order valence-corrected chi connectivity index (χ3v) is 4.68. The maximum atomic E-state index is 12.1. The fourth-order valence-electron chi connectivity index (χ4n) is 3.13. The SMILES string of the molecule is CCN1CCN(c2ccc(C(=O)NCC3CCCO3)nc2)CC1. The van der Waals surface area contributed by atoms with Crippen LogP contribution in [0.25, 0.3) is 0 Å². The molecule has 1 amide bonds. The lowest BCUT2D eigenvalue weighted by Gasteiger charge is -2.35. The van der Waals surface area contributed by atoms with Crippen molar-refractivity contribution < 1.29 is 9.53 Å². The minimum absolute atomic E-state index is 0.122. The van der Waals surface area contributed by atoms with Gasteiger partial charge in [0.25, 0.3) is 5.91 Å². The van der Waals surface area contributed by atoms with Gasteiger partial charge in [0.2, 0.25) is 0 Å². The summed E-state index contributed by atoms with van der Waals surface area (Å²) in [6, 6.07) is 3.81. The van der Waals surface area contributed by atoms with Crippen molar-refractivity contribution in [2.45, 2.75) is 25.9 Å². The molecule has 126 valence electrons. The standard InChI is InChI=1S/C17H26N4O2/c1-2-20-7-9-21(10-8-20)14-5-6-16(18-12-14)17(22)19-13-15-4-3-11-23-15/h5-6,12,15H,2-4,7-11,13H2,1H3,(H,19,22). The number of carbonyl (C=O) groups is 1. The minimum Gasteiger partial charge on any atom is -0.376 e. The number of anilines is 1. The fraction of sp³-hybridized carbons (Fsp3) is 0.647. The lowest BCUT2D eigenvalue weighted by atomic mass is 10.2. The number of amides is 1. The second kappa shape index (κ2) is 7.75. The van der Waals surface area contributed by atoms with Crippen LogP contribution in [0.4, 0.5) is 5.69 Å². The smallest absolute Gasteiger partial charge is 0.269 e. The van der Waals surface area contributed by atoms with Crippen molar-refractivity contribution in [1.82, 2.24) is 15.2 Å². The van der Waals surface area contributed by atoms with Crippen molar-refractivity contribution in [3.63, 3.8) is 0 Å². The molecule has 3 rings (SSSR count). The van der Waals surface area contributed by atoms with E-state index >= 15 is 0 Å². The first-order valence-corrected chi connectivity index (χ1v) is 8.59. The summed E-state index contributed by atoms with van der Waals surface area (Å²) in [6.45, 7) is 8.87. The Kier molecular flexibility index (Phi) is 5.46. The number of hydrogen-bond acceptors (Lipinski definition) is 5. The highest BCUT2D eigenvalue weighted by molar-refractivity contribution is 5.92. The molecule has 1 aromatic heterocycles. The van der Waals surface area contributed by atoms with Gasteiger partial charge in [0, 0.05) is 39.3 Å². The van der Waals surface area contributed by atoms with Crippen molar-refractivity contribution >= 4 is 11.6 Å². The number of piperazine rings is 1. The third kappa shape index (κ3) is 4.20. The average Bonchev–Trinajstić information content (AvgIpc) is 3.13. The number of likely N-dealkylation sites (N-methyl/N-ethyl adjacent to an activating group) is 1. The zero-order valence-electron chi connectivity index (χ0n) is 13.8. The van der Waals surface area contributed by atoms with Crippen LogP contribution in [0.3, 0.4) is 0 Å². The molecule has 0 saturated carbocycles. The summed E-state index contributed by atoms with van der Waals surface area (Å²) >= 11 is 0. The number of nitrogens with one attached hydrogen (secondary N) is 1. The van der Waals surface area contributed by atoms with E-state index in [9.17, 15) is 4.79 Å². The first kappa shape index (κ1) is 16.2. The van der Waals surface area contributed by atoms with E-state index in [2.05, 4.69) is 27.0 Å². The molecule has 0 bridgehead atoms. The lowest BCUT2D eigenvalue weighted by molar-refractivity contribution is 0.0853. The largest absolute Gasteiger partial charge is 0.376 e. The van der Waals surface area contributed by atoms with Gasteiger partial charge in [0.05, 0.1) is 18.0 Å². The van der Waals surface area contributed by atoms with Gasteiger partial charge in [0.1, 0.15) is 5.69 Å². The first-order valence-electron chi connectivity index (χ1n) is 8.59. The highest BCUT2D eigenvalue weighted by Crippen LogP contribution is 2.16. The summed E-state index contributed by atoms with van der Waals surface area (Å²) in [5.41, 5.74) is 1.57. The van der Waals surface area contributed by atoms with Crippen molar-refractivity contribution in [3.05, 3.63) is 24.0 Å². The Morgan fingerprint density at radius 3 is 2.78 bits per heavy atom. The van der Waals surface area contributed by atoms with Gasteiger partial charge in [-0.3, -0.25) is 4.79 Å². The molecule has 2 aliphatic rings. The molecule has 0 spiro atoms. The van der Waals surface area contributed by atoms with Crippen LogP contribution in [-0.2, 0) is 4.74 Å². The molecule has 3 heterocycles. The third-order valence-electron chi connectivity index (χ3n) is 4.68. The van der Waals surface area contributed by atoms with Gasteiger partial charge in [-0.15, -0.1) is 0 Å². The number of aromatic nitrogens is 1. The van der Waals surface area contributed by atoms with E-state index in [1.165, 1.54) is 0 Å². The lowest BCUT2D eigenvalue weighted by Crippen LogP contribution is -2.46. The van der Waals surface area contributed by atoms with Gasteiger partial charge in [-0.05, 0) is 31.5 Å². The van der Waals surface area contributed by atoms with E-state index in [0.717, 1.165) is 57.9 Å². The maximum Gasteiger partial charge on any atom is 0.269 e. The second-order valence-electron chi connectivity index (χ2n) is 6.17. The van der Waals surface area contributed by atoms with Crippen molar-refractivity contribution in [2.24, 2.45) is 0 Å². The highest BCUT2D eigenvalue weighted by Gasteiger charge is 2.18. The Balaban J connectivity index is 1.51. The zero-order chi connectivity index (χ0) is 16.1. The van der Waals surface area contributed by atoms with E-state index in [-0.39, 0.29) is 12.0 Å². The molecule has 0 radical (unpaired) electrons. The molecule has 2 saturated heterocycles. The molecule has 1 unspecified atom stereocenters. The van der Waals surface area contributed by atoms with Gasteiger partial charge >= 0.3 is 0 Å². The van der Waals surface area contributed by atoms with Gasteiger partial charge in [0.15, 0.2) is 0 Å². The predicted octanol–water partition coefficient (Wildman–Crippen LogP) is 1.13. The van der Waals surface area contributed by atoms with Gasteiger partial charge in [-0.1, -0.05) is 6.92 Å². The molecule has 0 aromatic carbocycles. The molecule has 1 aromatic rings. The summed E-state index contributed by atoms with van der Waals surface area (Å²) in [5, 5.41) is 2.91. The van der Waals surface area contributed by atoms with Crippen LogP contribution in [0, 0.1) is 0 Å². The molecular weight excluding hydrogens is 292 g/mol. The number of nitrogens with zero attached hydrogens (tertiary/aromatic N) is 3. The first-order chi connectivity index (χ1) is 11.3. The van der Waals surface area contributed by atoms with E-state index < -0.39 is 0 Å². The van der Waals surface area contributed by atoms with Crippen molar-refractivity contribution in [3.8, 4) is 0 Å². The number of carbonyl (C=O) groups excluding carboxylic acids is 1. The van der Waals surface area contributed by atoms with E-state index in [1.807, 2.05) is 18.3 Å². The molecule has 0 aliphatic carbocycles. The summed E-state index contributed by atoms with van der Waals surface area (Å²) < 4.78 is 5.51. The molecule has 2 aliphatic heterocycles. The fourth-order valence-corrected chi connectivity index (χ4v) is 3.13. The van der Waals surface area contributed by atoms with Crippen LogP contribution in [0.1, 0.15) is 30.3 Å². The Bertz CT molecular complexity index is 506. The van der Waals surface area contributed by atoms with E-state index in [0.29, 0.717) is 12.2 Å². The van der Waals surface area contributed by atoms with Crippen LogP contribution in [0.2, 0.25) is 0 Å². The zero-order valence-corrected chi connectivity index (χ0v) is 13.8. The number of ether oxygens (including phenoxy) is 1. The Morgan fingerprint density at radius 1 is 1.35 bits per heavy atom. The van der Waals surface area contributed by atoms with Crippen molar-refractivity contribution in [1.29, 1.82) is 0 Å². The maximum absolute atomic E-state index is 12.1. The molecule has 1 N–H and O–H groups in total. The van der Waals surface area contributed by atoms with Gasteiger partial charge < -0.3 is 19.9 Å². The normalized spacial score (nSPS) is 22.3. The van der Waals surface area contributed by atoms with Crippen LogP contribution < -0.4 is 10.2 Å². The molecule has 2 fully saturated rings. The minimum atomic E-state index is -0.122. The number of hydrogen-bond donors (Lipinski definition) is 1. The highest BCUT2D eigenvalue weighted by atomic mass is 16.5. The Morgan fingerprint density at radius 2 is 2.17 bits per heavy atom. The monoisotopic (exact) mass is 318 g/mol. The summed E-state index contributed by atoms with van der Waals surface area (Å²) in [7, 11) is 0. The number of rotatable bonds is 5. The quantitative estimate of drug-likeness (QED) is 0.882. The average molecular weight is 318 g/mol. The molecular formula is C17H26N4O2. The van der Waals surface area contributed by atoms with Crippen LogP contribution >= 0.6 is 0 Å². The Hall–Kier alpha value is -1.66. The summed E-state index contributed by atoms with van der Waals surface area (Å²) in [4.78, 5) is 21.2. The van der Waals surface area contributed by atoms with E-state index in [4.69, 9.17) is 4.74 Å². The Labute approximate surface area is 137 Å². The van der Waals surface area contributed by atoms with Crippen LogP contribution in [0.15, 0.2) is 18.3 Å². The molecule has 23 heavy (non-hydrogen) atoms. The molecule has 6 nitrogen and oxygen atoms in total. The summed E-state index contributed by atoms with van der Waals surface area (Å²) in [5.74, 6) is -0.122. The predicted molar refractivity (Wildman–Crippen MR) is 89.9 cm³/mol. The molecule has 6 heteroatoms. The van der Waals surface area contributed by atoms with Gasteiger partial charge in [-0.25, -0.2) is 4.98 Å². The number of pyridine rings is 1. The van der Waals surface area contributed by atoms with Crippen molar-refractivity contribution in [2.75, 3.05) is 50.8 Å². The molecule has 1 atom stereocenters. The summed E-state index contributed by atoms with van der Waals surface area (Å²) in [6.07, 6.45) is 4.07. The van der Waals surface area contributed by atoms with Crippen LogP contribution in [0.5, 0.6) is 0 Å². The topological polar surface area (TPSA) is 57.7 Å². The van der Waals surface area contributed by atoms with E-state index in [1.54, 1.807) is 0 Å². The van der Waals surface area contributed by atoms with Gasteiger partial charge in [-0.2, -0.15) is 0 Å². The van der Waals surface area contributed by atoms with Crippen LogP contribution in [-0.4, -0.2) is 67.8 Å².